The molecule has 0 bridgehead atoms. The van der Waals surface area contributed by atoms with Crippen LogP contribution in [-0.4, -0.2) is 34.6 Å². The van der Waals surface area contributed by atoms with Crippen molar-refractivity contribution in [2.24, 2.45) is 5.92 Å². The van der Waals surface area contributed by atoms with Crippen molar-refractivity contribution in [3.63, 3.8) is 0 Å². The van der Waals surface area contributed by atoms with Gasteiger partial charge in [0.1, 0.15) is 0 Å². The van der Waals surface area contributed by atoms with Gasteiger partial charge in [-0.2, -0.15) is 0 Å². The summed E-state index contributed by atoms with van der Waals surface area (Å²) in [5.41, 5.74) is 1.81. The predicted octanol–water partition coefficient (Wildman–Crippen LogP) is 2.00. The van der Waals surface area contributed by atoms with Crippen molar-refractivity contribution in [1.29, 1.82) is 0 Å². The van der Waals surface area contributed by atoms with E-state index in [0.717, 1.165) is 43.4 Å². The van der Waals surface area contributed by atoms with Gasteiger partial charge >= 0.3 is 0 Å². The maximum Gasteiger partial charge on any atom is 0.258 e. The largest absolute Gasteiger partial charge is 0.359 e. The second-order valence-corrected chi connectivity index (χ2v) is 7.94. The molecule has 1 saturated carbocycles. The summed E-state index contributed by atoms with van der Waals surface area (Å²) in [4.78, 5) is 30.0. The molecule has 0 aromatic carbocycles. The normalized spacial score (nSPS) is 24.7. The predicted molar refractivity (Wildman–Crippen MR) is 110 cm³/mol. The van der Waals surface area contributed by atoms with Gasteiger partial charge < -0.3 is 16.0 Å². The first-order valence-corrected chi connectivity index (χ1v) is 9.76. The van der Waals surface area contributed by atoms with E-state index in [1.54, 1.807) is 7.05 Å². The topological polar surface area (TPSA) is 88.1 Å². The Morgan fingerprint density at radius 2 is 1.93 bits per heavy atom. The summed E-state index contributed by atoms with van der Waals surface area (Å²) < 4.78 is 1.87. The number of hydrogen-bond donors (Lipinski definition) is 3. The molecule has 1 aromatic rings. The van der Waals surface area contributed by atoms with E-state index in [0.29, 0.717) is 18.5 Å². The fraction of sp³-hybridized carbons (Fsp3) is 0.737. The summed E-state index contributed by atoms with van der Waals surface area (Å²) in [6.45, 7) is 6.85. The number of nitrogens with one attached hydrogen (secondary N) is 3. The van der Waals surface area contributed by atoms with Crippen LogP contribution in [0.3, 0.4) is 0 Å². The summed E-state index contributed by atoms with van der Waals surface area (Å²) in [5, 5.41) is 9.49. The molecule has 1 fully saturated rings. The molecule has 1 aliphatic heterocycles. The highest BCUT2D eigenvalue weighted by Crippen LogP contribution is 2.33. The Balaban J connectivity index is 0.00000261. The molecule has 0 unspecified atom stereocenters. The second-order valence-electron chi connectivity index (χ2n) is 7.94. The number of carbonyl (C=O) groups excluding carboxylic acids is 1. The van der Waals surface area contributed by atoms with Crippen LogP contribution in [0.2, 0.25) is 0 Å². The van der Waals surface area contributed by atoms with Crippen LogP contribution in [0.15, 0.2) is 4.79 Å². The van der Waals surface area contributed by atoms with Crippen molar-refractivity contribution in [2.75, 3.05) is 12.4 Å². The maximum atomic E-state index is 13.3. The number of amides is 1. The monoisotopic (exact) mass is 397 g/mol. The van der Waals surface area contributed by atoms with Gasteiger partial charge in [-0.05, 0) is 52.9 Å². The van der Waals surface area contributed by atoms with Crippen LogP contribution in [0, 0.1) is 5.92 Å². The van der Waals surface area contributed by atoms with Gasteiger partial charge in [0.15, 0.2) is 0 Å². The Morgan fingerprint density at radius 3 is 2.52 bits per heavy atom. The zero-order valence-electron chi connectivity index (χ0n) is 16.7. The average Bonchev–Trinajstić information content (AvgIpc) is 2.62. The quantitative estimate of drug-likeness (QED) is 0.723. The molecule has 1 atom stereocenters. The van der Waals surface area contributed by atoms with Gasteiger partial charge in [-0.25, -0.2) is 4.98 Å². The van der Waals surface area contributed by atoms with E-state index in [9.17, 15) is 9.59 Å². The van der Waals surface area contributed by atoms with Crippen molar-refractivity contribution >= 4 is 24.3 Å². The molecule has 0 spiro atoms. The number of anilines is 1. The van der Waals surface area contributed by atoms with Gasteiger partial charge in [-0.15, -0.1) is 12.4 Å². The molecule has 7 nitrogen and oxygen atoms in total. The molecule has 8 heteroatoms. The lowest BCUT2D eigenvalue weighted by molar-refractivity contribution is -0.125. The maximum absolute atomic E-state index is 13.3. The number of rotatable bonds is 4. The smallest absolute Gasteiger partial charge is 0.258 e. The van der Waals surface area contributed by atoms with E-state index in [1.165, 1.54) is 0 Å². The van der Waals surface area contributed by atoms with Crippen molar-refractivity contribution in [3.05, 3.63) is 21.6 Å². The summed E-state index contributed by atoms with van der Waals surface area (Å²) >= 11 is 0. The lowest BCUT2D eigenvalue weighted by atomic mass is 9.85. The molecule has 3 N–H and O–H groups in total. The van der Waals surface area contributed by atoms with Crippen LogP contribution < -0.4 is 21.5 Å². The minimum absolute atomic E-state index is 0. The lowest BCUT2D eigenvalue weighted by Gasteiger charge is -2.32. The van der Waals surface area contributed by atoms with Crippen LogP contribution >= 0.6 is 12.4 Å². The number of carbonyl (C=O) groups is 1. The van der Waals surface area contributed by atoms with E-state index in [1.807, 2.05) is 4.57 Å². The van der Waals surface area contributed by atoms with Crippen molar-refractivity contribution in [2.45, 2.75) is 77.5 Å². The zero-order chi connectivity index (χ0) is 18.8. The Hall–Kier alpha value is -1.60. The van der Waals surface area contributed by atoms with Crippen LogP contribution in [0.4, 0.5) is 5.95 Å². The minimum atomic E-state index is 0. The lowest BCUT2D eigenvalue weighted by Crippen LogP contribution is -2.42. The van der Waals surface area contributed by atoms with E-state index in [-0.39, 0.29) is 41.9 Å². The number of fused-ring (bicyclic) bond motifs is 1. The third kappa shape index (κ3) is 4.63. The van der Waals surface area contributed by atoms with Gasteiger partial charge in [-0.1, -0.05) is 0 Å². The number of hydrogen-bond acceptors (Lipinski definition) is 5. The highest BCUT2D eigenvalue weighted by atomic mass is 35.5. The van der Waals surface area contributed by atoms with Gasteiger partial charge in [0.2, 0.25) is 11.9 Å². The first-order chi connectivity index (χ1) is 12.4. The van der Waals surface area contributed by atoms with Crippen LogP contribution in [0.5, 0.6) is 0 Å². The van der Waals surface area contributed by atoms with Crippen molar-refractivity contribution in [1.82, 2.24) is 20.2 Å². The average molecular weight is 398 g/mol. The fourth-order valence-electron chi connectivity index (χ4n) is 4.11. The molecule has 27 heavy (non-hydrogen) atoms. The Bertz CT molecular complexity index is 726. The number of aromatic nitrogens is 2. The van der Waals surface area contributed by atoms with E-state index >= 15 is 0 Å². The number of nitrogens with zero attached hydrogens (tertiary/aromatic N) is 2. The molecule has 1 aliphatic carbocycles. The van der Waals surface area contributed by atoms with Gasteiger partial charge in [0.25, 0.3) is 5.56 Å². The standard InChI is InChI=1S/C19H31N5O2.ClH/c1-11(2)22-19-23-16-10-21-12(3)9-15(16)18(26)24(19)14-7-5-13(6-8-14)17(25)20-4;/h11-14,21H,5-10H2,1-4H3,(H,20,25)(H,22,23);1H/t12-,13?,14?;/m1./s1. The van der Waals surface area contributed by atoms with Gasteiger partial charge in [0, 0.05) is 43.2 Å². The molecular weight excluding hydrogens is 366 g/mol. The fourth-order valence-corrected chi connectivity index (χ4v) is 4.11. The van der Waals surface area contributed by atoms with E-state index < -0.39 is 0 Å². The first kappa shape index (κ1) is 21.7. The summed E-state index contributed by atoms with van der Waals surface area (Å²) in [6.07, 6.45) is 4.01. The minimum Gasteiger partial charge on any atom is -0.359 e. The van der Waals surface area contributed by atoms with E-state index in [4.69, 9.17) is 4.98 Å². The third-order valence-corrected chi connectivity index (χ3v) is 5.52. The Labute approximate surface area is 167 Å². The van der Waals surface area contributed by atoms with Gasteiger partial charge in [-0.3, -0.25) is 14.2 Å². The molecule has 0 radical (unpaired) electrons. The highest BCUT2D eigenvalue weighted by molar-refractivity contribution is 5.85. The first-order valence-electron chi connectivity index (χ1n) is 9.76. The number of halogens is 1. The molecule has 2 heterocycles. The molecule has 3 rings (SSSR count). The molecular formula is C19H32ClN5O2. The van der Waals surface area contributed by atoms with E-state index in [2.05, 4.69) is 36.7 Å². The van der Waals surface area contributed by atoms with Crippen molar-refractivity contribution < 1.29 is 4.79 Å². The van der Waals surface area contributed by atoms with Crippen LogP contribution in [0.1, 0.15) is 63.8 Å². The van der Waals surface area contributed by atoms with Crippen LogP contribution in [0.25, 0.3) is 0 Å². The van der Waals surface area contributed by atoms with Gasteiger partial charge in [0.05, 0.1) is 5.69 Å². The summed E-state index contributed by atoms with van der Waals surface area (Å²) in [6, 6.07) is 0.592. The summed E-state index contributed by atoms with van der Waals surface area (Å²) in [7, 11) is 1.69. The molecule has 2 aliphatic rings. The SMILES string of the molecule is CNC(=O)C1CCC(n2c(NC(C)C)nc3c(c2=O)C[C@@H](C)NC3)CC1.Cl. The molecule has 152 valence electrons. The summed E-state index contributed by atoms with van der Waals surface area (Å²) in [5.74, 6) is 0.839. The zero-order valence-corrected chi connectivity index (χ0v) is 17.5. The second kappa shape index (κ2) is 9.06. The highest BCUT2D eigenvalue weighted by Gasteiger charge is 2.31. The molecule has 1 aromatic heterocycles. The Kier molecular flexibility index (Phi) is 7.28. The van der Waals surface area contributed by atoms with Crippen molar-refractivity contribution in [3.8, 4) is 0 Å². The molecule has 1 amide bonds. The Morgan fingerprint density at radius 1 is 1.26 bits per heavy atom. The third-order valence-electron chi connectivity index (χ3n) is 5.52. The molecule has 0 saturated heterocycles. The van der Waals surface area contributed by atoms with Crippen LogP contribution in [-0.2, 0) is 17.8 Å².